The molecule has 0 atom stereocenters. The van der Waals surface area contributed by atoms with Gasteiger partial charge in [-0.15, -0.1) is 0 Å². The normalized spacial score (nSPS) is 11.2. The molecule has 2 aromatic rings. The Morgan fingerprint density at radius 1 is 1.10 bits per heavy atom. The van der Waals surface area contributed by atoms with Crippen molar-refractivity contribution in [2.75, 3.05) is 0 Å². The molecule has 110 valence electrons. The van der Waals surface area contributed by atoms with E-state index in [9.17, 15) is 18.0 Å². The predicted molar refractivity (Wildman–Crippen MR) is 75.3 cm³/mol. The first-order chi connectivity index (χ1) is 9.90. The molecule has 0 radical (unpaired) electrons. The monoisotopic (exact) mass is 358 g/mol. The zero-order valence-corrected chi connectivity index (χ0v) is 12.2. The number of ether oxygens (including phenoxy) is 1. The predicted octanol–water partition coefficient (Wildman–Crippen LogP) is 4.86. The van der Waals surface area contributed by atoms with Gasteiger partial charge in [0.1, 0.15) is 12.4 Å². The molecule has 0 aromatic heterocycles. The average molecular weight is 359 g/mol. The molecule has 6 heteroatoms. The third-order valence-corrected chi connectivity index (χ3v) is 3.27. The Hall–Kier alpha value is -1.82. The largest absolute Gasteiger partial charge is 0.488 e. The van der Waals surface area contributed by atoms with Gasteiger partial charge in [0, 0.05) is 4.47 Å². The molecule has 0 spiro atoms. The summed E-state index contributed by atoms with van der Waals surface area (Å²) in [5.41, 5.74) is 0.252. The quantitative estimate of drug-likeness (QED) is 0.729. The second-order valence-corrected chi connectivity index (χ2v) is 5.20. The van der Waals surface area contributed by atoms with E-state index in [0.717, 1.165) is 16.6 Å². The summed E-state index contributed by atoms with van der Waals surface area (Å²) in [5, 5.41) is 0. The maximum Gasteiger partial charge on any atom is 0.416 e. The highest BCUT2D eigenvalue weighted by molar-refractivity contribution is 9.10. The van der Waals surface area contributed by atoms with E-state index in [1.165, 1.54) is 12.1 Å². The number of alkyl halides is 3. The van der Waals surface area contributed by atoms with E-state index in [2.05, 4.69) is 15.9 Å². The lowest BCUT2D eigenvalue weighted by Crippen LogP contribution is -2.05. The van der Waals surface area contributed by atoms with E-state index in [1.54, 1.807) is 18.2 Å². The molecule has 21 heavy (non-hydrogen) atoms. The lowest BCUT2D eigenvalue weighted by atomic mass is 10.1. The molecule has 0 N–H and O–H groups in total. The van der Waals surface area contributed by atoms with Gasteiger partial charge in [-0.05, 0) is 35.9 Å². The minimum absolute atomic E-state index is 0.0839. The van der Waals surface area contributed by atoms with Crippen LogP contribution in [0.3, 0.4) is 0 Å². The van der Waals surface area contributed by atoms with Crippen molar-refractivity contribution in [3.8, 4) is 5.75 Å². The molecule has 2 rings (SSSR count). The van der Waals surface area contributed by atoms with Gasteiger partial charge in [-0.2, -0.15) is 13.2 Å². The molecule has 0 aliphatic carbocycles. The number of hydrogen-bond acceptors (Lipinski definition) is 2. The van der Waals surface area contributed by atoms with E-state index in [-0.39, 0.29) is 6.61 Å². The number of rotatable bonds is 4. The van der Waals surface area contributed by atoms with Crippen LogP contribution >= 0.6 is 15.9 Å². The summed E-state index contributed by atoms with van der Waals surface area (Å²) < 4.78 is 43.5. The molecule has 0 bridgehead atoms. The maximum atomic E-state index is 12.4. The molecule has 0 saturated carbocycles. The Morgan fingerprint density at radius 2 is 1.76 bits per heavy atom. The van der Waals surface area contributed by atoms with E-state index < -0.39 is 11.7 Å². The van der Waals surface area contributed by atoms with Gasteiger partial charge in [0.2, 0.25) is 0 Å². The summed E-state index contributed by atoms with van der Waals surface area (Å²) in [6.45, 7) is 0.0839. The highest BCUT2D eigenvalue weighted by Crippen LogP contribution is 2.29. The van der Waals surface area contributed by atoms with Crippen LogP contribution in [0.1, 0.15) is 21.5 Å². The summed E-state index contributed by atoms with van der Waals surface area (Å²) in [6.07, 6.45) is -3.69. The minimum Gasteiger partial charge on any atom is -0.488 e. The minimum atomic E-state index is -4.35. The number of aldehydes is 1. The van der Waals surface area contributed by atoms with Crippen LogP contribution in [0.5, 0.6) is 5.75 Å². The Labute approximate surface area is 127 Å². The first kappa shape index (κ1) is 15.6. The summed E-state index contributed by atoms with van der Waals surface area (Å²) in [5.74, 6) is 0.382. The van der Waals surface area contributed by atoms with Crippen molar-refractivity contribution < 1.29 is 22.7 Å². The van der Waals surface area contributed by atoms with Gasteiger partial charge in [0.25, 0.3) is 0 Å². The highest BCUT2D eigenvalue weighted by Gasteiger charge is 2.29. The fraction of sp³-hybridized carbons (Fsp3) is 0.133. The van der Waals surface area contributed by atoms with Crippen molar-refractivity contribution in [1.29, 1.82) is 0 Å². The number of benzene rings is 2. The van der Waals surface area contributed by atoms with Gasteiger partial charge >= 0.3 is 6.18 Å². The van der Waals surface area contributed by atoms with Crippen LogP contribution in [0.2, 0.25) is 0 Å². The molecule has 0 aliphatic rings. The van der Waals surface area contributed by atoms with E-state index in [1.807, 2.05) is 0 Å². The Morgan fingerprint density at radius 3 is 2.33 bits per heavy atom. The lowest BCUT2D eigenvalue weighted by molar-refractivity contribution is -0.137. The van der Waals surface area contributed by atoms with E-state index >= 15 is 0 Å². The summed E-state index contributed by atoms with van der Waals surface area (Å²) in [6, 6.07) is 9.65. The van der Waals surface area contributed by atoms with Crippen molar-refractivity contribution in [3.63, 3.8) is 0 Å². The molecule has 0 unspecified atom stereocenters. The Bertz CT molecular complexity index is 636. The van der Waals surface area contributed by atoms with Crippen molar-refractivity contribution >= 4 is 22.2 Å². The molecule has 0 amide bonds. The number of carbonyl (C=O) groups excluding carboxylic acids is 1. The summed E-state index contributed by atoms with van der Waals surface area (Å²) >= 11 is 3.24. The molecule has 0 heterocycles. The van der Waals surface area contributed by atoms with Gasteiger partial charge in [0.15, 0.2) is 6.29 Å². The first-order valence-electron chi connectivity index (χ1n) is 5.94. The first-order valence-corrected chi connectivity index (χ1v) is 6.73. The molecule has 2 nitrogen and oxygen atoms in total. The Balaban J connectivity index is 2.08. The maximum absolute atomic E-state index is 12.4. The van der Waals surface area contributed by atoms with E-state index in [4.69, 9.17) is 4.74 Å². The fourth-order valence-corrected chi connectivity index (χ4v) is 2.07. The highest BCUT2D eigenvalue weighted by atomic mass is 79.9. The molecular formula is C15H10BrF3O2. The average Bonchev–Trinajstić information content (AvgIpc) is 2.45. The summed E-state index contributed by atoms with van der Waals surface area (Å²) in [7, 11) is 0. The van der Waals surface area contributed by atoms with Crippen molar-refractivity contribution in [3.05, 3.63) is 63.6 Å². The number of hydrogen-bond donors (Lipinski definition) is 0. The SMILES string of the molecule is O=Cc1cc(Br)ccc1OCc1ccc(C(F)(F)F)cc1. The van der Waals surface area contributed by atoms with Crippen LogP contribution in [0.15, 0.2) is 46.9 Å². The second kappa shape index (κ2) is 6.30. The van der Waals surface area contributed by atoms with E-state index in [0.29, 0.717) is 23.2 Å². The Kier molecular flexibility index (Phi) is 4.67. The van der Waals surface area contributed by atoms with Crippen LogP contribution < -0.4 is 4.74 Å². The van der Waals surface area contributed by atoms with Crippen molar-refractivity contribution in [1.82, 2.24) is 0 Å². The standard InChI is InChI=1S/C15H10BrF3O2/c16-13-5-6-14(11(7-13)8-20)21-9-10-1-3-12(4-2-10)15(17,18)19/h1-8H,9H2. The topological polar surface area (TPSA) is 26.3 Å². The van der Waals surface area contributed by atoms with Crippen LogP contribution in [-0.2, 0) is 12.8 Å². The van der Waals surface area contributed by atoms with Crippen LogP contribution in [0.25, 0.3) is 0 Å². The third-order valence-electron chi connectivity index (χ3n) is 2.77. The van der Waals surface area contributed by atoms with Gasteiger partial charge in [0.05, 0.1) is 11.1 Å². The third kappa shape index (κ3) is 4.07. The molecule has 0 saturated heterocycles. The molecule has 2 aromatic carbocycles. The van der Waals surface area contributed by atoms with Gasteiger partial charge in [-0.25, -0.2) is 0 Å². The molecule has 0 fully saturated rings. The van der Waals surface area contributed by atoms with Crippen molar-refractivity contribution in [2.45, 2.75) is 12.8 Å². The van der Waals surface area contributed by atoms with Crippen LogP contribution in [-0.4, -0.2) is 6.29 Å². The molecule has 0 aliphatic heterocycles. The smallest absolute Gasteiger partial charge is 0.416 e. The van der Waals surface area contributed by atoms with Crippen molar-refractivity contribution in [2.24, 2.45) is 0 Å². The van der Waals surface area contributed by atoms with Gasteiger partial charge in [-0.1, -0.05) is 28.1 Å². The fourth-order valence-electron chi connectivity index (χ4n) is 1.69. The molecular weight excluding hydrogens is 349 g/mol. The number of halogens is 4. The number of carbonyl (C=O) groups is 1. The summed E-state index contributed by atoms with van der Waals surface area (Å²) in [4.78, 5) is 10.9. The second-order valence-electron chi connectivity index (χ2n) is 4.28. The van der Waals surface area contributed by atoms with Gasteiger partial charge < -0.3 is 4.74 Å². The lowest BCUT2D eigenvalue weighted by Gasteiger charge is -2.10. The zero-order chi connectivity index (χ0) is 15.5. The van der Waals surface area contributed by atoms with Crippen LogP contribution in [0, 0.1) is 0 Å². The zero-order valence-electron chi connectivity index (χ0n) is 10.7. The van der Waals surface area contributed by atoms with Crippen LogP contribution in [0.4, 0.5) is 13.2 Å². The van der Waals surface area contributed by atoms with Gasteiger partial charge in [-0.3, -0.25) is 4.79 Å².